The van der Waals surface area contributed by atoms with Gasteiger partial charge in [-0.15, -0.1) is 0 Å². The average molecular weight is 270 g/mol. The molecule has 0 aromatic heterocycles. The van der Waals surface area contributed by atoms with Gasteiger partial charge >= 0.3 is 0 Å². The Bertz CT molecular complexity index is 197. The van der Waals surface area contributed by atoms with E-state index in [1.54, 1.807) is 0 Å². The molecule has 19 heavy (non-hydrogen) atoms. The van der Waals surface area contributed by atoms with Gasteiger partial charge in [0.15, 0.2) is 0 Å². The summed E-state index contributed by atoms with van der Waals surface area (Å²) in [6, 6.07) is 0. The van der Waals surface area contributed by atoms with Gasteiger partial charge in [-0.3, -0.25) is 0 Å². The van der Waals surface area contributed by atoms with Crippen LogP contribution in [0.15, 0.2) is 0 Å². The minimum Gasteiger partial charge on any atom is -0.236 e. The third-order valence-electron chi connectivity index (χ3n) is 4.61. The molecule has 1 saturated carbocycles. The molecule has 0 spiro atoms. The smallest absolute Gasteiger partial charge is 0.0930 e. The van der Waals surface area contributed by atoms with Crippen molar-refractivity contribution in [3.63, 3.8) is 0 Å². The predicted molar refractivity (Wildman–Crippen MR) is 81.1 cm³/mol. The van der Waals surface area contributed by atoms with Gasteiger partial charge in [0.25, 0.3) is 0 Å². The zero-order chi connectivity index (χ0) is 14.0. The summed E-state index contributed by atoms with van der Waals surface area (Å²) >= 11 is 0. The van der Waals surface area contributed by atoms with Crippen molar-refractivity contribution in [3.8, 4) is 0 Å². The highest BCUT2D eigenvalue weighted by molar-refractivity contribution is 4.85. The third kappa shape index (κ3) is 6.27. The fourth-order valence-corrected chi connectivity index (χ4v) is 3.26. The summed E-state index contributed by atoms with van der Waals surface area (Å²) in [4.78, 5) is 10.8. The normalized spacial score (nSPS) is 19.7. The Morgan fingerprint density at radius 1 is 0.895 bits per heavy atom. The van der Waals surface area contributed by atoms with Crippen LogP contribution in [0.3, 0.4) is 0 Å². The van der Waals surface area contributed by atoms with Gasteiger partial charge in [-0.05, 0) is 50.4 Å². The highest BCUT2D eigenvalue weighted by atomic mass is 17.2. The summed E-state index contributed by atoms with van der Waals surface area (Å²) in [5.41, 5.74) is 0.622. The second-order valence-corrected chi connectivity index (χ2v) is 6.32. The van der Waals surface area contributed by atoms with Crippen LogP contribution in [0.25, 0.3) is 0 Å². The van der Waals surface area contributed by atoms with Crippen LogP contribution in [0.5, 0.6) is 0 Å². The molecular formula is C17H34O2. The van der Waals surface area contributed by atoms with Crippen molar-refractivity contribution < 1.29 is 9.78 Å². The molecule has 0 atom stereocenters. The summed E-state index contributed by atoms with van der Waals surface area (Å²) in [5, 5.41) is 0. The number of hydrogen-bond acceptors (Lipinski definition) is 2. The van der Waals surface area contributed by atoms with E-state index in [4.69, 9.17) is 9.78 Å². The molecule has 1 aliphatic carbocycles. The van der Waals surface area contributed by atoms with Crippen LogP contribution in [0.1, 0.15) is 91.4 Å². The lowest BCUT2D eigenvalue weighted by Gasteiger charge is -2.40. The van der Waals surface area contributed by atoms with Crippen LogP contribution < -0.4 is 0 Å². The molecule has 2 heteroatoms. The molecule has 0 aromatic carbocycles. The molecule has 114 valence electrons. The number of hydrogen-bond donors (Lipinski definition) is 0. The molecule has 0 amide bonds. The first kappa shape index (κ1) is 17.0. The molecule has 1 fully saturated rings. The Morgan fingerprint density at radius 3 is 1.95 bits per heavy atom. The Labute approximate surface area is 120 Å². The molecule has 0 unspecified atom stereocenters. The second-order valence-electron chi connectivity index (χ2n) is 6.32. The highest BCUT2D eigenvalue weighted by Gasteiger charge is 2.34. The van der Waals surface area contributed by atoms with Crippen molar-refractivity contribution in [1.82, 2.24) is 0 Å². The molecule has 0 radical (unpaired) electrons. The maximum Gasteiger partial charge on any atom is 0.0930 e. The fraction of sp³-hybridized carbons (Fsp3) is 1.00. The predicted octanol–water partition coefficient (Wildman–Crippen LogP) is 5.65. The SMILES string of the molecule is CCCCC1(CCCC)CCC(OOCCC)CC1. The van der Waals surface area contributed by atoms with Gasteiger partial charge in [0, 0.05) is 0 Å². The molecular weight excluding hydrogens is 236 g/mol. The van der Waals surface area contributed by atoms with Crippen molar-refractivity contribution in [2.75, 3.05) is 6.61 Å². The molecule has 0 heterocycles. The number of unbranched alkanes of at least 4 members (excludes halogenated alkanes) is 2. The van der Waals surface area contributed by atoms with E-state index in [-0.39, 0.29) is 0 Å². The topological polar surface area (TPSA) is 18.5 Å². The summed E-state index contributed by atoms with van der Waals surface area (Å²) in [6.07, 6.45) is 14.7. The standard InChI is InChI=1S/C17H34O2/c1-4-7-11-17(12-8-5-2)13-9-16(10-14-17)19-18-15-6-3/h16H,4-15H2,1-3H3. The van der Waals surface area contributed by atoms with Gasteiger partial charge in [0.2, 0.25) is 0 Å². The Hall–Kier alpha value is -0.0800. The van der Waals surface area contributed by atoms with Gasteiger partial charge in [0.1, 0.15) is 0 Å². The Morgan fingerprint density at radius 2 is 1.47 bits per heavy atom. The Balaban J connectivity index is 2.35. The van der Waals surface area contributed by atoms with Gasteiger partial charge < -0.3 is 0 Å². The first-order chi connectivity index (χ1) is 9.26. The van der Waals surface area contributed by atoms with Crippen LogP contribution in [-0.4, -0.2) is 12.7 Å². The average Bonchev–Trinajstić information content (AvgIpc) is 2.45. The van der Waals surface area contributed by atoms with Crippen LogP contribution in [-0.2, 0) is 9.78 Å². The molecule has 1 aliphatic rings. The summed E-state index contributed by atoms with van der Waals surface area (Å²) in [6.45, 7) is 7.46. The van der Waals surface area contributed by atoms with Crippen molar-refractivity contribution in [1.29, 1.82) is 0 Å². The fourth-order valence-electron chi connectivity index (χ4n) is 3.26. The minimum absolute atomic E-state index is 0.350. The maximum atomic E-state index is 5.53. The second kappa shape index (κ2) is 9.77. The number of rotatable bonds is 10. The van der Waals surface area contributed by atoms with E-state index in [1.165, 1.54) is 64.2 Å². The van der Waals surface area contributed by atoms with E-state index in [0.29, 0.717) is 11.5 Å². The zero-order valence-corrected chi connectivity index (χ0v) is 13.4. The van der Waals surface area contributed by atoms with Crippen molar-refractivity contribution in [3.05, 3.63) is 0 Å². The molecule has 0 aromatic rings. The molecule has 2 nitrogen and oxygen atoms in total. The lowest BCUT2D eigenvalue weighted by atomic mass is 9.67. The Kier molecular flexibility index (Phi) is 8.72. The maximum absolute atomic E-state index is 5.53. The molecule has 1 rings (SSSR count). The van der Waals surface area contributed by atoms with Crippen molar-refractivity contribution >= 4 is 0 Å². The molecule has 0 saturated heterocycles. The van der Waals surface area contributed by atoms with Crippen LogP contribution >= 0.6 is 0 Å². The van der Waals surface area contributed by atoms with Gasteiger partial charge in [-0.25, -0.2) is 9.78 Å². The van der Waals surface area contributed by atoms with E-state index >= 15 is 0 Å². The first-order valence-corrected chi connectivity index (χ1v) is 8.54. The van der Waals surface area contributed by atoms with Crippen LogP contribution in [0.4, 0.5) is 0 Å². The van der Waals surface area contributed by atoms with Crippen molar-refractivity contribution in [2.24, 2.45) is 5.41 Å². The molecule has 0 aliphatic heterocycles. The van der Waals surface area contributed by atoms with Crippen LogP contribution in [0, 0.1) is 5.41 Å². The van der Waals surface area contributed by atoms with Crippen LogP contribution in [0.2, 0.25) is 0 Å². The quantitative estimate of drug-likeness (QED) is 0.290. The van der Waals surface area contributed by atoms with Gasteiger partial charge in [-0.1, -0.05) is 46.5 Å². The largest absolute Gasteiger partial charge is 0.236 e. The summed E-state index contributed by atoms with van der Waals surface area (Å²) < 4.78 is 0. The van der Waals surface area contributed by atoms with Gasteiger partial charge in [0.05, 0.1) is 12.7 Å². The van der Waals surface area contributed by atoms with E-state index in [1.807, 2.05) is 0 Å². The van der Waals surface area contributed by atoms with E-state index < -0.39 is 0 Å². The molecule has 0 N–H and O–H groups in total. The van der Waals surface area contributed by atoms with E-state index in [9.17, 15) is 0 Å². The molecule has 0 bridgehead atoms. The lowest BCUT2D eigenvalue weighted by Crippen LogP contribution is -2.31. The van der Waals surface area contributed by atoms with Crippen molar-refractivity contribution in [2.45, 2.75) is 97.5 Å². The minimum atomic E-state index is 0.350. The van der Waals surface area contributed by atoms with E-state index in [0.717, 1.165) is 13.0 Å². The summed E-state index contributed by atoms with van der Waals surface area (Å²) in [5.74, 6) is 0. The van der Waals surface area contributed by atoms with Gasteiger partial charge in [-0.2, -0.15) is 0 Å². The first-order valence-electron chi connectivity index (χ1n) is 8.54. The zero-order valence-electron chi connectivity index (χ0n) is 13.4. The lowest BCUT2D eigenvalue weighted by molar-refractivity contribution is -0.330. The summed E-state index contributed by atoms with van der Waals surface area (Å²) in [7, 11) is 0. The monoisotopic (exact) mass is 270 g/mol. The third-order valence-corrected chi connectivity index (χ3v) is 4.61. The van der Waals surface area contributed by atoms with E-state index in [2.05, 4.69) is 20.8 Å². The highest BCUT2D eigenvalue weighted by Crippen LogP contribution is 2.45.